The molecule has 160 valence electrons. The topological polar surface area (TPSA) is 131 Å². The third kappa shape index (κ3) is 4.32. The van der Waals surface area contributed by atoms with Crippen LogP contribution >= 0.6 is 11.6 Å². The van der Waals surface area contributed by atoms with Gasteiger partial charge in [0.05, 0.1) is 34.3 Å². The lowest BCUT2D eigenvalue weighted by molar-refractivity contribution is 0.0800. The van der Waals surface area contributed by atoms with Crippen molar-refractivity contribution >= 4 is 32.5 Å². The molecule has 31 heavy (non-hydrogen) atoms. The number of nitrogens with zero attached hydrogens (tertiary/aromatic N) is 5. The fourth-order valence-electron chi connectivity index (χ4n) is 3.01. The van der Waals surface area contributed by atoms with Crippen molar-refractivity contribution in [2.24, 2.45) is 0 Å². The molecule has 0 saturated carbocycles. The minimum absolute atomic E-state index is 0.0795. The Morgan fingerprint density at radius 1 is 1.19 bits per heavy atom. The predicted molar refractivity (Wildman–Crippen MR) is 113 cm³/mol. The van der Waals surface area contributed by atoms with Gasteiger partial charge in [-0.3, -0.25) is 0 Å². The summed E-state index contributed by atoms with van der Waals surface area (Å²) in [4.78, 5) is 8.42. The lowest BCUT2D eigenvalue weighted by Crippen LogP contribution is -2.09. The van der Waals surface area contributed by atoms with E-state index in [9.17, 15) is 18.9 Å². The Balaban J connectivity index is 2.41. The first-order valence-electron chi connectivity index (χ1n) is 9.11. The molecule has 0 fully saturated rings. The fraction of sp³-hybridized carbons (Fsp3) is 0.300. The smallest absolute Gasteiger partial charge is 0.249 e. The van der Waals surface area contributed by atoms with Gasteiger partial charge in [-0.1, -0.05) is 18.5 Å². The Hall–Kier alpha value is -3.18. The number of sulfone groups is 1. The maximum atomic E-state index is 12.3. The Labute approximate surface area is 184 Å². The van der Waals surface area contributed by atoms with Gasteiger partial charge < -0.3 is 14.0 Å². The summed E-state index contributed by atoms with van der Waals surface area (Å²) in [5.74, 6) is 0.235. The largest absolute Gasteiger partial charge is 0.495 e. The molecular formula is C20H18ClN5O4S. The Bertz CT molecular complexity index is 1350. The van der Waals surface area contributed by atoms with Crippen LogP contribution in [0.2, 0.25) is 5.02 Å². The maximum Gasteiger partial charge on any atom is 0.249 e. The zero-order valence-electron chi connectivity index (χ0n) is 17.0. The van der Waals surface area contributed by atoms with E-state index in [4.69, 9.17) is 21.1 Å². The zero-order chi connectivity index (χ0) is 22.8. The van der Waals surface area contributed by atoms with E-state index >= 15 is 0 Å². The SMILES string of the molecule is CCCOCn1cc(C#N)c2c(-c3cc(OC)c(C#N)cc3Cl)nc(S(C)(=O)=O)nc21. The normalized spacial score (nSPS) is 11.3. The van der Waals surface area contributed by atoms with E-state index in [0.29, 0.717) is 17.6 Å². The van der Waals surface area contributed by atoms with Crippen molar-refractivity contribution in [2.45, 2.75) is 25.2 Å². The predicted octanol–water partition coefficient (Wildman–Crippen LogP) is 3.29. The van der Waals surface area contributed by atoms with Crippen LogP contribution in [0.25, 0.3) is 22.3 Å². The maximum absolute atomic E-state index is 12.3. The van der Waals surface area contributed by atoms with Crippen LogP contribution in [-0.4, -0.2) is 42.9 Å². The van der Waals surface area contributed by atoms with Gasteiger partial charge in [-0.05, 0) is 18.6 Å². The van der Waals surface area contributed by atoms with Gasteiger partial charge in [-0.15, -0.1) is 0 Å². The van der Waals surface area contributed by atoms with Crippen molar-refractivity contribution < 1.29 is 17.9 Å². The van der Waals surface area contributed by atoms with Crippen molar-refractivity contribution in [3.05, 3.63) is 34.5 Å². The average Bonchev–Trinajstić information content (AvgIpc) is 3.10. The summed E-state index contributed by atoms with van der Waals surface area (Å²) < 4.78 is 36.9. The fourth-order valence-corrected chi connectivity index (χ4v) is 3.77. The summed E-state index contributed by atoms with van der Waals surface area (Å²) in [7, 11) is -2.40. The number of fused-ring (bicyclic) bond motifs is 1. The lowest BCUT2D eigenvalue weighted by Gasteiger charge is -2.12. The van der Waals surface area contributed by atoms with Crippen molar-refractivity contribution in [3.8, 4) is 29.1 Å². The van der Waals surface area contributed by atoms with Crippen LogP contribution in [0, 0.1) is 22.7 Å². The van der Waals surface area contributed by atoms with E-state index in [2.05, 4.69) is 16.0 Å². The van der Waals surface area contributed by atoms with E-state index in [1.54, 1.807) is 4.57 Å². The molecule has 0 radical (unpaired) electrons. The minimum atomic E-state index is -3.79. The summed E-state index contributed by atoms with van der Waals surface area (Å²) in [5.41, 5.74) is 1.10. The summed E-state index contributed by atoms with van der Waals surface area (Å²) in [5, 5.41) is 19.0. The molecule has 11 heteroatoms. The summed E-state index contributed by atoms with van der Waals surface area (Å²) in [6.45, 7) is 2.52. The zero-order valence-corrected chi connectivity index (χ0v) is 18.6. The van der Waals surface area contributed by atoms with Gasteiger partial charge >= 0.3 is 0 Å². The molecular weight excluding hydrogens is 442 g/mol. The van der Waals surface area contributed by atoms with Crippen LogP contribution in [0.5, 0.6) is 5.75 Å². The number of hydrogen-bond acceptors (Lipinski definition) is 8. The molecule has 0 amide bonds. The van der Waals surface area contributed by atoms with Crippen LogP contribution < -0.4 is 4.74 Å². The summed E-state index contributed by atoms with van der Waals surface area (Å²) >= 11 is 6.41. The van der Waals surface area contributed by atoms with E-state index in [-0.39, 0.29) is 40.0 Å². The van der Waals surface area contributed by atoms with Crippen molar-refractivity contribution in [1.82, 2.24) is 14.5 Å². The highest BCUT2D eigenvalue weighted by molar-refractivity contribution is 7.90. The third-order valence-corrected chi connectivity index (χ3v) is 5.55. The molecule has 2 heterocycles. The van der Waals surface area contributed by atoms with Crippen LogP contribution in [0.1, 0.15) is 24.5 Å². The van der Waals surface area contributed by atoms with Crippen molar-refractivity contribution in [2.75, 3.05) is 20.0 Å². The third-order valence-electron chi connectivity index (χ3n) is 4.39. The number of benzene rings is 1. The van der Waals surface area contributed by atoms with Gasteiger partial charge in [0, 0.05) is 24.6 Å². The first kappa shape index (κ1) is 22.5. The number of ether oxygens (including phenoxy) is 2. The van der Waals surface area contributed by atoms with Crippen LogP contribution in [0.3, 0.4) is 0 Å². The highest BCUT2D eigenvalue weighted by Crippen LogP contribution is 2.38. The molecule has 0 bridgehead atoms. The molecule has 0 aliphatic carbocycles. The molecule has 1 aromatic carbocycles. The van der Waals surface area contributed by atoms with E-state index < -0.39 is 15.0 Å². The van der Waals surface area contributed by atoms with Crippen molar-refractivity contribution in [1.29, 1.82) is 10.5 Å². The molecule has 0 spiro atoms. The molecule has 0 N–H and O–H groups in total. The summed E-state index contributed by atoms with van der Waals surface area (Å²) in [6.07, 6.45) is 3.31. The molecule has 3 aromatic rings. The number of aromatic nitrogens is 3. The molecule has 0 saturated heterocycles. The highest BCUT2D eigenvalue weighted by atomic mass is 35.5. The van der Waals surface area contributed by atoms with Crippen LogP contribution in [0.4, 0.5) is 0 Å². The van der Waals surface area contributed by atoms with Gasteiger partial charge in [0.1, 0.15) is 30.3 Å². The monoisotopic (exact) mass is 459 g/mol. The van der Waals surface area contributed by atoms with E-state index in [0.717, 1.165) is 12.7 Å². The Kier molecular flexibility index (Phi) is 6.46. The standard InChI is InChI=1S/C20H18ClN5O4S/c1-4-5-30-11-26-10-13(9-23)17-18(24-20(25-19(17)26)31(3,27)28)14-7-16(29-2)12(8-22)6-15(14)21/h6-7,10H,4-5,11H2,1-3H3. The quantitative estimate of drug-likeness (QED) is 0.388. The van der Waals surface area contributed by atoms with E-state index in [1.165, 1.54) is 25.4 Å². The van der Waals surface area contributed by atoms with Crippen molar-refractivity contribution in [3.63, 3.8) is 0 Å². The van der Waals surface area contributed by atoms with Gasteiger partial charge in [0.2, 0.25) is 15.0 Å². The average molecular weight is 460 g/mol. The number of hydrogen-bond donors (Lipinski definition) is 0. The first-order chi connectivity index (χ1) is 14.7. The van der Waals surface area contributed by atoms with Gasteiger partial charge in [-0.25, -0.2) is 13.4 Å². The molecule has 0 atom stereocenters. The molecule has 0 unspecified atom stereocenters. The number of rotatable bonds is 7. The van der Waals surface area contributed by atoms with Crippen LogP contribution in [-0.2, 0) is 21.3 Å². The van der Waals surface area contributed by atoms with Gasteiger partial charge in [0.15, 0.2) is 0 Å². The Morgan fingerprint density at radius 3 is 2.48 bits per heavy atom. The molecule has 3 rings (SSSR count). The van der Waals surface area contributed by atoms with Crippen LogP contribution in [0.15, 0.2) is 23.5 Å². The van der Waals surface area contributed by atoms with E-state index in [1.807, 2.05) is 13.0 Å². The first-order valence-corrected chi connectivity index (χ1v) is 11.4. The number of halogens is 1. The lowest BCUT2D eigenvalue weighted by atomic mass is 10.0. The highest BCUT2D eigenvalue weighted by Gasteiger charge is 2.24. The minimum Gasteiger partial charge on any atom is -0.495 e. The Morgan fingerprint density at radius 2 is 1.90 bits per heavy atom. The van der Waals surface area contributed by atoms with Gasteiger partial charge in [-0.2, -0.15) is 15.5 Å². The molecule has 2 aromatic heterocycles. The summed E-state index contributed by atoms with van der Waals surface area (Å²) in [6, 6.07) is 6.96. The number of nitriles is 2. The molecule has 0 aliphatic heterocycles. The number of methoxy groups -OCH3 is 1. The molecule has 9 nitrogen and oxygen atoms in total. The second-order valence-corrected chi connectivity index (χ2v) is 8.95. The second-order valence-electron chi connectivity index (χ2n) is 6.63. The van der Waals surface area contributed by atoms with Gasteiger partial charge in [0.25, 0.3) is 0 Å². The molecule has 0 aliphatic rings. The second kappa shape index (κ2) is 8.90.